The number of hydrogen-bond acceptors (Lipinski definition) is 8. The number of nitrogens with two attached hydrogens (primary N) is 1. The van der Waals surface area contributed by atoms with Gasteiger partial charge in [-0.2, -0.15) is 0 Å². The van der Waals surface area contributed by atoms with Crippen LogP contribution in [-0.4, -0.2) is 29.5 Å². The van der Waals surface area contributed by atoms with Gasteiger partial charge in [0.1, 0.15) is 0 Å². The molecule has 0 aromatic carbocycles. The molecule has 2 N–H and O–H groups in total. The van der Waals surface area contributed by atoms with Crippen molar-refractivity contribution in [2.45, 2.75) is 35.7 Å². The highest BCUT2D eigenvalue weighted by Crippen LogP contribution is 2.32. The molecule has 10 heteroatoms. The van der Waals surface area contributed by atoms with Gasteiger partial charge >= 0.3 is 0 Å². The first kappa shape index (κ1) is 15.2. The van der Waals surface area contributed by atoms with E-state index < -0.39 is 0 Å². The van der Waals surface area contributed by atoms with E-state index in [1.54, 1.807) is 22.9 Å². The van der Waals surface area contributed by atoms with E-state index in [-0.39, 0.29) is 5.41 Å². The lowest BCUT2D eigenvalue weighted by atomic mass is 9.93. The Balaban J connectivity index is 1.62. The van der Waals surface area contributed by atoms with Crippen LogP contribution in [0.15, 0.2) is 38.5 Å². The zero-order chi connectivity index (χ0) is 16.9. The molecule has 0 saturated carbocycles. The molecule has 0 aliphatic carbocycles. The zero-order valence-electron chi connectivity index (χ0n) is 13.3. The Bertz CT molecular complexity index is 959. The highest BCUT2D eigenvalue weighted by Gasteiger charge is 2.21. The van der Waals surface area contributed by atoms with Crippen LogP contribution in [0.4, 0.5) is 0 Å². The summed E-state index contributed by atoms with van der Waals surface area (Å²) >= 11 is 2.83. The molecule has 24 heavy (non-hydrogen) atoms. The lowest BCUT2D eigenvalue weighted by molar-refractivity contribution is 0.572. The van der Waals surface area contributed by atoms with E-state index in [0.29, 0.717) is 16.7 Å². The molecule has 0 fully saturated rings. The molecule has 0 radical (unpaired) electrons. The minimum Gasteiger partial charge on any atom is -0.461 e. The predicted molar refractivity (Wildman–Crippen MR) is 91.6 cm³/mol. The summed E-state index contributed by atoms with van der Waals surface area (Å²) in [4.78, 5) is 5.48. The Morgan fingerprint density at radius 3 is 2.79 bits per heavy atom. The number of imidazole rings is 1. The molecule has 0 bridgehead atoms. The van der Waals surface area contributed by atoms with Crippen molar-refractivity contribution < 1.29 is 4.42 Å². The summed E-state index contributed by atoms with van der Waals surface area (Å²) < 4.78 is 9.29. The minimum atomic E-state index is -0.00387. The Morgan fingerprint density at radius 2 is 2.12 bits per heavy atom. The average Bonchev–Trinajstić information content (AvgIpc) is 3.23. The van der Waals surface area contributed by atoms with Gasteiger partial charge in [0.25, 0.3) is 0 Å². The third-order valence-electron chi connectivity index (χ3n) is 3.38. The monoisotopic (exact) mass is 361 g/mol. The number of fused-ring (bicyclic) bond motifs is 1. The van der Waals surface area contributed by atoms with Gasteiger partial charge < -0.3 is 10.3 Å². The van der Waals surface area contributed by atoms with Crippen molar-refractivity contribution in [3.05, 3.63) is 30.3 Å². The minimum absolute atomic E-state index is 0.00387. The normalized spacial score (nSPS) is 12.3. The number of hydrogen-bond donors (Lipinski definition) is 1. The van der Waals surface area contributed by atoms with Gasteiger partial charge in [-0.25, -0.2) is 14.2 Å². The van der Waals surface area contributed by atoms with Gasteiger partial charge in [0, 0.05) is 5.41 Å². The molecule has 0 aliphatic heterocycles. The third-order valence-corrected chi connectivity index (χ3v) is 5.31. The maximum Gasteiger partial charge on any atom is 0.218 e. The molecule has 0 unspecified atom stereocenters. The second-order valence-electron chi connectivity index (χ2n) is 6.23. The van der Waals surface area contributed by atoms with Crippen LogP contribution in [0.3, 0.4) is 0 Å². The van der Waals surface area contributed by atoms with E-state index in [4.69, 9.17) is 10.3 Å². The van der Waals surface area contributed by atoms with Crippen molar-refractivity contribution in [2.75, 3.05) is 5.84 Å². The maximum absolute atomic E-state index is 6.06. The molecule has 0 aliphatic rings. The zero-order valence-corrected chi connectivity index (χ0v) is 14.9. The summed E-state index contributed by atoms with van der Waals surface area (Å²) in [6.45, 7) is 6.38. The van der Waals surface area contributed by atoms with E-state index in [1.165, 1.54) is 27.8 Å². The average molecular weight is 361 g/mol. The second kappa shape index (κ2) is 5.35. The standard InChI is InChI=1S/C14H15N7OS2/c1-14(2,3)9-7-20-11(16-9)23-13(19-20)24-12-18-17-10(21(12)15)8-5-4-6-22-8/h4-7H,15H2,1-3H3. The number of nitrogen functional groups attached to an aromatic ring is 1. The highest BCUT2D eigenvalue weighted by molar-refractivity contribution is 8.01. The van der Waals surface area contributed by atoms with Crippen LogP contribution in [0.2, 0.25) is 0 Å². The lowest BCUT2D eigenvalue weighted by Gasteiger charge is -2.13. The summed E-state index contributed by atoms with van der Waals surface area (Å²) in [6.07, 6.45) is 3.52. The third kappa shape index (κ3) is 2.57. The van der Waals surface area contributed by atoms with Crippen LogP contribution >= 0.6 is 23.1 Å². The Kier molecular flexibility index (Phi) is 3.39. The van der Waals surface area contributed by atoms with Crippen molar-refractivity contribution in [3.63, 3.8) is 0 Å². The largest absolute Gasteiger partial charge is 0.461 e. The van der Waals surface area contributed by atoms with Crippen molar-refractivity contribution in [1.29, 1.82) is 0 Å². The van der Waals surface area contributed by atoms with Gasteiger partial charge in [-0.05, 0) is 23.9 Å². The van der Waals surface area contributed by atoms with E-state index in [1.807, 2.05) is 6.20 Å². The van der Waals surface area contributed by atoms with Crippen LogP contribution < -0.4 is 5.84 Å². The number of furan rings is 1. The van der Waals surface area contributed by atoms with E-state index in [2.05, 4.69) is 41.1 Å². The fourth-order valence-corrected chi connectivity index (χ4v) is 3.86. The number of aromatic nitrogens is 6. The molecule has 4 aromatic rings. The fraction of sp³-hybridized carbons (Fsp3) is 0.286. The van der Waals surface area contributed by atoms with Gasteiger partial charge in [0.2, 0.25) is 15.9 Å². The molecule has 4 rings (SSSR count). The molecule has 4 heterocycles. The maximum atomic E-state index is 6.06. The van der Waals surface area contributed by atoms with Crippen LogP contribution in [0.1, 0.15) is 26.5 Å². The van der Waals surface area contributed by atoms with Crippen LogP contribution in [0.5, 0.6) is 0 Å². The van der Waals surface area contributed by atoms with Gasteiger partial charge in [-0.1, -0.05) is 32.1 Å². The SMILES string of the molecule is CC(C)(C)c1cn2nc(Sc3nnc(-c4ccco4)n3N)sc2n1. The van der Waals surface area contributed by atoms with E-state index in [0.717, 1.165) is 15.0 Å². The molecular formula is C14H15N7OS2. The smallest absolute Gasteiger partial charge is 0.218 e. The predicted octanol–water partition coefficient (Wildman–Crippen LogP) is 2.80. The van der Waals surface area contributed by atoms with E-state index >= 15 is 0 Å². The van der Waals surface area contributed by atoms with Crippen LogP contribution in [0.25, 0.3) is 16.5 Å². The molecule has 8 nitrogen and oxygen atoms in total. The Hall–Kier alpha value is -2.33. The summed E-state index contributed by atoms with van der Waals surface area (Å²) in [6, 6.07) is 3.56. The summed E-state index contributed by atoms with van der Waals surface area (Å²) in [5, 5.41) is 13.2. The molecule has 4 aromatic heterocycles. The van der Waals surface area contributed by atoms with E-state index in [9.17, 15) is 0 Å². The Labute approximate surface area is 145 Å². The molecule has 0 atom stereocenters. The van der Waals surface area contributed by atoms with Crippen molar-refractivity contribution in [1.82, 2.24) is 29.5 Å². The molecular weight excluding hydrogens is 346 g/mol. The molecule has 0 amide bonds. The van der Waals surface area contributed by atoms with Gasteiger partial charge in [-0.3, -0.25) is 0 Å². The van der Waals surface area contributed by atoms with Gasteiger partial charge in [0.05, 0.1) is 18.2 Å². The molecule has 0 spiro atoms. The summed E-state index contributed by atoms with van der Waals surface area (Å²) in [5.41, 5.74) is 1.01. The molecule has 124 valence electrons. The van der Waals surface area contributed by atoms with Gasteiger partial charge in [0.15, 0.2) is 10.1 Å². The quantitative estimate of drug-likeness (QED) is 0.560. The first-order chi connectivity index (χ1) is 11.4. The van der Waals surface area contributed by atoms with Gasteiger partial charge in [-0.15, -0.1) is 15.3 Å². The summed E-state index contributed by atoms with van der Waals surface area (Å²) in [7, 11) is 0. The molecule has 0 saturated heterocycles. The van der Waals surface area contributed by atoms with Crippen LogP contribution in [-0.2, 0) is 5.41 Å². The van der Waals surface area contributed by atoms with Crippen molar-refractivity contribution in [3.8, 4) is 11.6 Å². The number of nitrogens with zero attached hydrogens (tertiary/aromatic N) is 6. The first-order valence-electron chi connectivity index (χ1n) is 7.21. The summed E-state index contributed by atoms with van der Waals surface area (Å²) in [5.74, 6) is 7.10. The number of rotatable bonds is 3. The topological polar surface area (TPSA) is 100 Å². The lowest BCUT2D eigenvalue weighted by Crippen LogP contribution is -2.11. The Morgan fingerprint density at radius 1 is 1.29 bits per heavy atom. The fourth-order valence-electron chi connectivity index (χ4n) is 2.08. The first-order valence-corrected chi connectivity index (χ1v) is 8.84. The highest BCUT2D eigenvalue weighted by atomic mass is 32.2. The van der Waals surface area contributed by atoms with Crippen LogP contribution in [0, 0.1) is 0 Å². The van der Waals surface area contributed by atoms with Crippen molar-refractivity contribution in [2.24, 2.45) is 0 Å². The second-order valence-corrected chi connectivity index (χ2v) is 8.40. The van der Waals surface area contributed by atoms with Crippen molar-refractivity contribution >= 4 is 28.1 Å².